The molecule has 0 aliphatic rings. The van der Waals surface area contributed by atoms with E-state index in [9.17, 15) is 4.39 Å². The van der Waals surface area contributed by atoms with Crippen molar-refractivity contribution in [2.45, 2.75) is 26.4 Å². The van der Waals surface area contributed by atoms with Gasteiger partial charge in [0.1, 0.15) is 5.82 Å². The molecule has 0 spiro atoms. The van der Waals surface area contributed by atoms with Crippen molar-refractivity contribution in [2.24, 2.45) is 0 Å². The van der Waals surface area contributed by atoms with Gasteiger partial charge in [0, 0.05) is 0 Å². The van der Waals surface area contributed by atoms with Gasteiger partial charge in [-0.15, -0.1) is 0 Å². The van der Waals surface area contributed by atoms with Gasteiger partial charge in [-0.05, 0) is 29.2 Å². The number of hydrogen-bond acceptors (Lipinski definition) is 1. The van der Waals surface area contributed by atoms with E-state index in [1.54, 1.807) is 0 Å². The van der Waals surface area contributed by atoms with Crippen LogP contribution in [-0.2, 0) is 6.61 Å². The third kappa shape index (κ3) is 2.05. The van der Waals surface area contributed by atoms with Gasteiger partial charge in [0.2, 0.25) is 0 Å². The van der Waals surface area contributed by atoms with E-state index in [0.29, 0.717) is 11.5 Å². The second-order valence-electron chi connectivity index (χ2n) is 3.21. The first kappa shape index (κ1) is 9.20. The largest absolute Gasteiger partial charge is 0.392 e. The highest BCUT2D eigenvalue weighted by molar-refractivity contribution is 5.26. The van der Waals surface area contributed by atoms with Gasteiger partial charge >= 0.3 is 0 Å². The first-order valence-corrected chi connectivity index (χ1v) is 4.03. The zero-order chi connectivity index (χ0) is 9.14. The van der Waals surface area contributed by atoms with Crippen LogP contribution in [0.3, 0.4) is 0 Å². The molecule has 1 aromatic rings. The highest BCUT2D eigenvalue weighted by Crippen LogP contribution is 2.17. The molecule has 1 rings (SSSR count). The molecule has 0 saturated heterocycles. The fourth-order valence-corrected chi connectivity index (χ4v) is 1.10. The van der Waals surface area contributed by atoms with E-state index < -0.39 is 0 Å². The first-order chi connectivity index (χ1) is 5.63. The van der Waals surface area contributed by atoms with Crippen LogP contribution in [-0.4, -0.2) is 5.11 Å². The van der Waals surface area contributed by atoms with Crippen molar-refractivity contribution < 1.29 is 9.50 Å². The summed E-state index contributed by atoms with van der Waals surface area (Å²) in [6.07, 6.45) is 0. The zero-order valence-electron chi connectivity index (χ0n) is 7.34. The topological polar surface area (TPSA) is 20.2 Å². The van der Waals surface area contributed by atoms with Crippen molar-refractivity contribution in [3.8, 4) is 0 Å². The van der Waals surface area contributed by atoms with Gasteiger partial charge in [-0.25, -0.2) is 4.39 Å². The molecule has 1 nitrogen and oxygen atoms in total. The number of aliphatic hydroxyl groups excluding tert-OH is 1. The summed E-state index contributed by atoms with van der Waals surface area (Å²) in [5.41, 5.74) is 1.57. The van der Waals surface area contributed by atoms with E-state index in [1.165, 1.54) is 12.1 Å². The lowest BCUT2D eigenvalue weighted by molar-refractivity contribution is 0.281. The molecule has 12 heavy (non-hydrogen) atoms. The van der Waals surface area contributed by atoms with Crippen molar-refractivity contribution in [3.05, 3.63) is 35.1 Å². The first-order valence-electron chi connectivity index (χ1n) is 4.03. The Morgan fingerprint density at radius 3 is 2.50 bits per heavy atom. The van der Waals surface area contributed by atoms with Crippen LogP contribution in [0.15, 0.2) is 18.2 Å². The standard InChI is InChI=1S/C10H13FO/c1-7(2)9-3-8(6-12)4-10(11)5-9/h3-5,7,12H,6H2,1-2H3. The lowest BCUT2D eigenvalue weighted by Crippen LogP contribution is -1.92. The summed E-state index contributed by atoms with van der Waals surface area (Å²) in [6, 6.07) is 4.68. The normalized spacial score (nSPS) is 10.8. The minimum atomic E-state index is -0.273. The molecule has 0 unspecified atom stereocenters. The van der Waals surface area contributed by atoms with Gasteiger partial charge in [0.15, 0.2) is 0 Å². The second kappa shape index (κ2) is 3.68. The van der Waals surface area contributed by atoms with Crippen molar-refractivity contribution >= 4 is 0 Å². The zero-order valence-corrected chi connectivity index (χ0v) is 7.34. The molecule has 0 aromatic heterocycles. The molecule has 0 aliphatic carbocycles. The lowest BCUT2D eigenvalue weighted by Gasteiger charge is -2.06. The second-order valence-corrected chi connectivity index (χ2v) is 3.21. The summed E-state index contributed by atoms with van der Waals surface area (Å²) < 4.78 is 12.9. The minimum absolute atomic E-state index is 0.0997. The van der Waals surface area contributed by atoms with Gasteiger partial charge in [-0.3, -0.25) is 0 Å². The van der Waals surface area contributed by atoms with Gasteiger partial charge in [0.25, 0.3) is 0 Å². The summed E-state index contributed by atoms with van der Waals surface area (Å²) in [5, 5.41) is 8.80. The monoisotopic (exact) mass is 168 g/mol. The molecule has 66 valence electrons. The lowest BCUT2D eigenvalue weighted by atomic mass is 10.0. The van der Waals surface area contributed by atoms with Crippen LogP contribution in [0.25, 0.3) is 0 Å². The average Bonchev–Trinajstić information content (AvgIpc) is 2.03. The fourth-order valence-electron chi connectivity index (χ4n) is 1.10. The number of hydrogen-bond donors (Lipinski definition) is 1. The highest BCUT2D eigenvalue weighted by atomic mass is 19.1. The van der Waals surface area contributed by atoms with Crippen molar-refractivity contribution in [1.82, 2.24) is 0 Å². The summed E-state index contributed by atoms with van der Waals surface area (Å²) in [6.45, 7) is 3.89. The third-order valence-corrected chi connectivity index (χ3v) is 1.83. The molecule has 1 aromatic carbocycles. The highest BCUT2D eigenvalue weighted by Gasteiger charge is 2.03. The molecule has 0 amide bonds. The van der Waals surface area contributed by atoms with Crippen LogP contribution in [0.4, 0.5) is 4.39 Å². The van der Waals surface area contributed by atoms with Gasteiger partial charge in [-0.2, -0.15) is 0 Å². The van der Waals surface area contributed by atoms with Crippen molar-refractivity contribution in [1.29, 1.82) is 0 Å². The van der Waals surface area contributed by atoms with Crippen LogP contribution < -0.4 is 0 Å². The molecule has 0 heterocycles. The number of benzene rings is 1. The molecule has 2 heteroatoms. The van der Waals surface area contributed by atoms with Crippen LogP contribution in [0, 0.1) is 5.82 Å². The van der Waals surface area contributed by atoms with E-state index in [-0.39, 0.29) is 12.4 Å². The van der Waals surface area contributed by atoms with E-state index in [2.05, 4.69) is 0 Å². The Morgan fingerprint density at radius 1 is 1.33 bits per heavy atom. The molecule has 0 aliphatic heterocycles. The molecule has 0 radical (unpaired) electrons. The van der Waals surface area contributed by atoms with E-state index >= 15 is 0 Å². The Labute approximate surface area is 71.9 Å². The summed E-state index contributed by atoms with van der Waals surface area (Å²) >= 11 is 0. The summed E-state index contributed by atoms with van der Waals surface area (Å²) in [4.78, 5) is 0. The van der Waals surface area contributed by atoms with E-state index in [1.807, 2.05) is 19.9 Å². The smallest absolute Gasteiger partial charge is 0.123 e. The quantitative estimate of drug-likeness (QED) is 0.719. The molecule has 0 saturated carbocycles. The molecule has 0 bridgehead atoms. The molecule has 1 N–H and O–H groups in total. The fraction of sp³-hybridized carbons (Fsp3) is 0.400. The van der Waals surface area contributed by atoms with Gasteiger partial charge in [-0.1, -0.05) is 19.9 Å². The average molecular weight is 168 g/mol. The molecule has 0 atom stereocenters. The van der Waals surface area contributed by atoms with Gasteiger partial charge < -0.3 is 5.11 Å². The Morgan fingerprint density at radius 2 is 2.00 bits per heavy atom. The predicted octanol–water partition coefficient (Wildman–Crippen LogP) is 2.44. The Bertz CT molecular complexity index is 269. The van der Waals surface area contributed by atoms with Crippen LogP contribution in [0.1, 0.15) is 30.9 Å². The van der Waals surface area contributed by atoms with Crippen molar-refractivity contribution in [3.63, 3.8) is 0 Å². The summed E-state index contributed by atoms with van der Waals surface area (Å²) in [5.74, 6) is 0.0243. The molecular formula is C10H13FO. The van der Waals surface area contributed by atoms with Crippen LogP contribution in [0.5, 0.6) is 0 Å². The third-order valence-electron chi connectivity index (χ3n) is 1.83. The van der Waals surface area contributed by atoms with Crippen LogP contribution >= 0.6 is 0 Å². The number of rotatable bonds is 2. The number of aliphatic hydroxyl groups is 1. The predicted molar refractivity (Wildman–Crippen MR) is 46.4 cm³/mol. The number of halogens is 1. The Balaban J connectivity index is 3.06. The minimum Gasteiger partial charge on any atom is -0.392 e. The molecular weight excluding hydrogens is 155 g/mol. The van der Waals surface area contributed by atoms with Crippen LogP contribution in [0.2, 0.25) is 0 Å². The molecule has 0 fully saturated rings. The maximum atomic E-state index is 12.9. The van der Waals surface area contributed by atoms with E-state index in [4.69, 9.17) is 5.11 Å². The Hall–Kier alpha value is -0.890. The summed E-state index contributed by atoms with van der Waals surface area (Å²) in [7, 11) is 0. The Kier molecular flexibility index (Phi) is 2.82. The maximum Gasteiger partial charge on any atom is 0.123 e. The SMILES string of the molecule is CC(C)c1cc(F)cc(CO)c1. The maximum absolute atomic E-state index is 12.9. The van der Waals surface area contributed by atoms with Crippen molar-refractivity contribution in [2.75, 3.05) is 0 Å². The van der Waals surface area contributed by atoms with Gasteiger partial charge in [0.05, 0.1) is 6.61 Å². The van der Waals surface area contributed by atoms with E-state index in [0.717, 1.165) is 5.56 Å².